The van der Waals surface area contributed by atoms with Crippen molar-refractivity contribution in [2.24, 2.45) is 5.92 Å². The van der Waals surface area contributed by atoms with Gasteiger partial charge in [0.15, 0.2) is 0 Å². The van der Waals surface area contributed by atoms with Gasteiger partial charge in [0.25, 0.3) is 0 Å². The van der Waals surface area contributed by atoms with Crippen molar-refractivity contribution in [3.05, 3.63) is 35.8 Å². The van der Waals surface area contributed by atoms with Gasteiger partial charge in [-0.25, -0.2) is 4.39 Å². The monoisotopic (exact) mass is 276 g/mol. The van der Waals surface area contributed by atoms with Gasteiger partial charge in [-0.1, -0.05) is 13.8 Å². The highest BCUT2D eigenvalue weighted by molar-refractivity contribution is 5.83. The van der Waals surface area contributed by atoms with Gasteiger partial charge in [0, 0.05) is 36.2 Å². The summed E-state index contributed by atoms with van der Waals surface area (Å²) in [6.45, 7) is 11.1. The van der Waals surface area contributed by atoms with Gasteiger partial charge in [-0.2, -0.15) is 0 Å². The molecule has 0 aliphatic heterocycles. The van der Waals surface area contributed by atoms with Crippen molar-refractivity contribution >= 4 is 10.9 Å². The fourth-order valence-electron chi connectivity index (χ4n) is 2.65. The second-order valence-corrected chi connectivity index (χ2v) is 6.24. The van der Waals surface area contributed by atoms with E-state index in [0.29, 0.717) is 12.0 Å². The summed E-state index contributed by atoms with van der Waals surface area (Å²) in [6.07, 6.45) is 2.96. The highest BCUT2D eigenvalue weighted by Crippen LogP contribution is 2.20. The van der Waals surface area contributed by atoms with Crippen molar-refractivity contribution in [1.82, 2.24) is 9.88 Å². The van der Waals surface area contributed by atoms with E-state index in [0.717, 1.165) is 30.4 Å². The first-order chi connectivity index (χ1) is 9.47. The zero-order valence-electron chi connectivity index (χ0n) is 12.9. The van der Waals surface area contributed by atoms with Crippen LogP contribution < -0.4 is 0 Å². The molecule has 0 spiro atoms. The quantitative estimate of drug-likeness (QED) is 0.837. The maximum atomic E-state index is 13.4. The van der Waals surface area contributed by atoms with Crippen LogP contribution in [0.15, 0.2) is 24.4 Å². The highest BCUT2D eigenvalue weighted by atomic mass is 19.1. The maximum Gasteiger partial charge on any atom is 0.123 e. The van der Waals surface area contributed by atoms with Crippen LogP contribution in [-0.4, -0.2) is 29.0 Å². The predicted octanol–water partition coefficient (Wildman–Crippen LogP) is 4.22. The SMILES string of the molecule is CC(C)CN(CCc1c[nH]c2ccc(F)cc12)C(C)C. The molecule has 2 aromatic rings. The van der Waals surface area contributed by atoms with E-state index in [-0.39, 0.29) is 5.82 Å². The lowest BCUT2D eigenvalue weighted by molar-refractivity contribution is 0.200. The van der Waals surface area contributed by atoms with Gasteiger partial charge in [0.1, 0.15) is 5.82 Å². The van der Waals surface area contributed by atoms with Crippen LogP contribution in [0.1, 0.15) is 33.3 Å². The third kappa shape index (κ3) is 3.60. The van der Waals surface area contributed by atoms with E-state index in [9.17, 15) is 4.39 Å². The van der Waals surface area contributed by atoms with Crippen molar-refractivity contribution in [1.29, 1.82) is 0 Å². The molecule has 2 rings (SSSR count). The van der Waals surface area contributed by atoms with Gasteiger partial charge in [-0.05, 0) is 49.9 Å². The summed E-state index contributed by atoms with van der Waals surface area (Å²) >= 11 is 0. The molecule has 0 atom stereocenters. The molecule has 0 bridgehead atoms. The Morgan fingerprint density at radius 2 is 1.95 bits per heavy atom. The van der Waals surface area contributed by atoms with E-state index in [1.54, 1.807) is 6.07 Å². The number of nitrogens with one attached hydrogen (secondary N) is 1. The van der Waals surface area contributed by atoms with Crippen molar-refractivity contribution < 1.29 is 4.39 Å². The number of nitrogens with zero attached hydrogens (tertiary/aromatic N) is 1. The Bertz CT molecular complexity index is 557. The molecule has 0 aliphatic rings. The number of fused-ring (bicyclic) bond motifs is 1. The normalized spacial score (nSPS) is 12.2. The summed E-state index contributed by atoms with van der Waals surface area (Å²) in [6, 6.07) is 5.48. The van der Waals surface area contributed by atoms with Crippen molar-refractivity contribution in [2.45, 2.75) is 40.2 Å². The van der Waals surface area contributed by atoms with E-state index in [1.165, 1.54) is 11.6 Å². The third-order valence-electron chi connectivity index (χ3n) is 3.73. The second kappa shape index (κ2) is 6.40. The predicted molar refractivity (Wildman–Crippen MR) is 83.5 cm³/mol. The Hall–Kier alpha value is -1.35. The Kier molecular flexibility index (Phi) is 4.81. The first-order valence-electron chi connectivity index (χ1n) is 7.47. The van der Waals surface area contributed by atoms with E-state index in [2.05, 4.69) is 37.6 Å². The first kappa shape index (κ1) is 15.0. The lowest BCUT2D eigenvalue weighted by Gasteiger charge is -2.28. The number of aromatic nitrogens is 1. The molecule has 0 saturated carbocycles. The van der Waals surface area contributed by atoms with E-state index >= 15 is 0 Å². The van der Waals surface area contributed by atoms with Crippen molar-refractivity contribution in [2.75, 3.05) is 13.1 Å². The van der Waals surface area contributed by atoms with Crippen LogP contribution in [0, 0.1) is 11.7 Å². The molecule has 110 valence electrons. The summed E-state index contributed by atoms with van der Waals surface area (Å²) < 4.78 is 13.4. The third-order valence-corrected chi connectivity index (χ3v) is 3.73. The largest absolute Gasteiger partial charge is 0.361 e. The summed E-state index contributed by atoms with van der Waals surface area (Å²) in [5.74, 6) is 0.499. The highest BCUT2D eigenvalue weighted by Gasteiger charge is 2.12. The van der Waals surface area contributed by atoms with Gasteiger partial charge < -0.3 is 9.88 Å². The molecule has 2 nitrogen and oxygen atoms in total. The molecule has 0 amide bonds. The minimum Gasteiger partial charge on any atom is -0.361 e. The smallest absolute Gasteiger partial charge is 0.123 e. The molecule has 20 heavy (non-hydrogen) atoms. The second-order valence-electron chi connectivity index (χ2n) is 6.24. The van der Waals surface area contributed by atoms with Gasteiger partial charge >= 0.3 is 0 Å². The van der Waals surface area contributed by atoms with Crippen LogP contribution in [0.2, 0.25) is 0 Å². The molecule has 0 saturated heterocycles. The Balaban J connectivity index is 2.09. The summed E-state index contributed by atoms with van der Waals surface area (Å²) in [5.41, 5.74) is 2.22. The fraction of sp³-hybridized carbons (Fsp3) is 0.529. The molecule has 0 radical (unpaired) electrons. The van der Waals surface area contributed by atoms with Gasteiger partial charge in [0.2, 0.25) is 0 Å². The molecule has 0 fully saturated rings. The van der Waals surface area contributed by atoms with Gasteiger partial charge in [-0.3, -0.25) is 0 Å². The number of benzene rings is 1. The molecule has 1 aromatic heterocycles. The first-order valence-corrected chi connectivity index (χ1v) is 7.47. The molecule has 1 aromatic carbocycles. The molecule has 1 N–H and O–H groups in total. The Morgan fingerprint density at radius 1 is 1.20 bits per heavy atom. The van der Waals surface area contributed by atoms with Gasteiger partial charge in [0.05, 0.1) is 0 Å². The minimum atomic E-state index is -0.166. The number of halogens is 1. The van der Waals surface area contributed by atoms with E-state index in [1.807, 2.05) is 12.3 Å². The average molecular weight is 276 g/mol. The summed E-state index contributed by atoms with van der Waals surface area (Å²) in [5, 5.41) is 1.01. The molecular weight excluding hydrogens is 251 g/mol. The van der Waals surface area contributed by atoms with E-state index in [4.69, 9.17) is 0 Å². The zero-order valence-corrected chi connectivity index (χ0v) is 12.9. The number of aromatic amines is 1. The fourth-order valence-corrected chi connectivity index (χ4v) is 2.65. The van der Waals surface area contributed by atoms with E-state index < -0.39 is 0 Å². The standard InChI is InChI=1S/C17H25FN2/c1-12(2)11-20(13(3)4)8-7-14-10-19-17-6-5-15(18)9-16(14)17/h5-6,9-10,12-13,19H,7-8,11H2,1-4H3. The minimum absolute atomic E-state index is 0.166. The van der Waals surface area contributed by atoms with Crippen molar-refractivity contribution in [3.8, 4) is 0 Å². The molecule has 0 unspecified atom stereocenters. The lowest BCUT2D eigenvalue weighted by Crippen LogP contribution is -2.35. The molecule has 1 heterocycles. The van der Waals surface area contributed by atoms with Crippen LogP contribution in [0.4, 0.5) is 4.39 Å². The number of H-pyrrole nitrogens is 1. The molecular formula is C17H25FN2. The van der Waals surface area contributed by atoms with Crippen LogP contribution in [0.5, 0.6) is 0 Å². The Morgan fingerprint density at radius 3 is 2.60 bits per heavy atom. The topological polar surface area (TPSA) is 19.0 Å². The number of hydrogen-bond acceptors (Lipinski definition) is 1. The summed E-state index contributed by atoms with van der Waals surface area (Å²) in [7, 11) is 0. The molecule has 0 aliphatic carbocycles. The average Bonchev–Trinajstić information content (AvgIpc) is 2.76. The van der Waals surface area contributed by atoms with Crippen LogP contribution >= 0.6 is 0 Å². The van der Waals surface area contributed by atoms with Crippen molar-refractivity contribution in [3.63, 3.8) is 0 Å². The van der Waals surface area contributed by atoms with Crippen LogP contribution in [0.25, 0.3) is 10.9 Å². The zero-order chi connectivity index (χ0) is 14.7. The van der Waals surface area contributed by atoms with Gasteiger partial charge in [-0.15, -0.1) is 0 Å². The molecule has 3 heteroatoms. The summed E-state index contributed by atoms with van der Waals surface area (Å²) in [4.78, 5) is 5.71. The number of hydrogen-bond donors (Lipinski definition) is 1. The number of rotatable bonds is 6. The maximum absolute atomic E-state index is 13.4. The lowest BCUT2D eigenvalue weighted by atomic mass is 10.1. The Labute approximate surface area is 121 Å². The van der Waals surface area contributed by atoms with Crippen LogP contribution in [-0.2, 0) is 6.42 Å². The van der Waals surface area contributed by atoms with Crippen LogP contribution in [0.3, 0.4) is 0 Å².